The van der Waals surface area contributed by atoms with Crippen molar-refractivity contribution in [3.8, 4) is 17.2 Å². The van der Waals surface area contributed by atoms with Gasteiger partial charge < -0.3 is 19.5 Å². The van der Waals surface area contributed by atoms with E-state index in [2.05, 4.69) is 5.32 Å². The molecule has 2 heterocycles. The van der Waals surface area contributed by atoms with Gasteiger partial charge in [0.1, 0.15) is 6.17 Å². The van der Waals surface area contributed by atoms with Crippen LogP contribution in [0.25, 0.3) is 0 Å². The number of halogens is 3. The highest BCUT2D eigenvalue weighted by Gasteiger charge is 2.35. The molecule has 2 aliphatic heterocycles. The van der Waals surface area contributed by atoms with Crippen LogP contribution >= 0.6 is 0 Å². The van der Waals surface area contributed by atoms with E-state index in [0.29, 0.717) is 22.9 Å². The number of hydrogen-bond acceptors (Lipinski definition) is 5. The highest BCUT2D eigenvalue weighted by atomic mass is 19.4. The number of fused-ring (bicyclic) bond motifs is 2. The van der Waals surface area contributed by atoms with Crippen LogP contribution in [-0.2, 0) is 12.6 Å². The third-order valence-electron chi connectivity index (χ3n) is 4.89. The van der Waals surface area contributed by atoms with E-state index in [1.165, 1.54) is 6.07 Å². The number of ether oxygens (including phenoxy) is 3. The summed E-state index contributed by atoms with van der Waals surface area (Å²) in [5.74, 6) is 1.71. The van der Waals surface area contributed by atoms with E-state index in [4.69, 9.17) is 14.2 Å². The van der Waals surface area contributed by atoms with Crippen LogP contribution in [0.1, 0.15) is 22.9 Å². The summed E-state index contributed by atoms with van der Waals surface area (Å²) in [4.78, 5) is 2.04. The number of likely N-dealkylation sites (N-methyl/N-ethyl adjacent to an activating group) is 1. The van der Waals surface area contributed by atoms with E-state index in [1.807, 2.05) is 18.0 Å². The highest BCUT2D eigenvalue weighted by molar-refractivity contribution is 5.63. The number of nitrogens with one attached hydrogen (secondary N) is 1. The Balaban J connectivity index is 1.75. The van der Waals surface area contributed by atoms with E-state index >= 15 is 0 Å². The molecule has 0 unspecified atom stereocenters. The monoisotopic (exact) mass is 380 g/mol. The molecular formula is C19H19F3N2O3. The van der Waals surface area contributed by atoms with Gasteiger partial charge in [-0.05, 0) is 43.3 Å². The molecule has 0 bridgehead atoms. The van der Waals surface area contributed by atoms with Gasteiger partial charge in [0.15, 0.2) is 11.5 Å². The van der Waals surface area contributed by atoms with Crippen molar-refractivity contribution < 1.29 is 27.4 Å². The minimum absolute atomic E-state index is 0.121. The lowest BCUT2D eigenvalue weighted by Gasteiger charge is -2.36. The minimum Gasteiger partial charge on any atom is -0.492 e. The van der Waals surface area contributed by atoms with Crippen molar-refractivity contribution in [1.82, 2.24) is 4.90 Å². The van der Waals surface area contributed by atoms with E-state index in [9.17, 15) is 13.2 Å². The molecule has 0 fully saturated rings. The lowest BCUT2D eigenvalue weighted by Crippen LogP contribution is -2.37. The summed E-state index contributed by atoms with van der Waals surface area (Å²) in [6, 6.07) is 7.11. The largest absolute Gasteiger partial charge is 0.492 e. The van der Waals surface area contributed by atoms with Crippen LogP contribution in [0.2, 0.25) is 0 Å². The Kier molecular flexibility index (Phi) is 4.30. The van der Waals surface area contributed by atoms with Crippen molar-refractivity contribution in [2.24, 2.45) is 0 Å². The molecule has 0 aromatic heterocycles. The Morgan fingerprint density at radius 1 is 1.22 bits per heavy atom. The first kappa shape index (κ1) is 17.8. The third-order valence-corrected chi connectivity index (χ3v) is 4.89. The second kappa shape index (κ2) is 6.53. The van der Waals surface area contributed by atoms with Crippen molar-refractivity contribution >= 4 is 5.69 Å². The van der Waals surface area contributed by atoms with Crippen LogP contribution in [-0.4, -0.2) is 32.4 Å². The summed E-state index contributed by atoms with van der Waals surface area (Å²) >= 11 is 0. The summed E-state index contributed by atoms with van der Waals surface area (Å²) in [5.41, 5.74) is 1.57. The molecule has 8 heteroatoms. The maximum Gasteiger partial charge on any atom is 0.416 e. The number of rotatable bonds is 3. The van der Waals surface area contributed by atoms with Gasteiger partial charge in [-0.25, -0.2) is 0 Å². The number of benzene rings is 2. The molecule has 0 saturated heterocycles. The standard InChI is InChI=1S/C19H19F3N2O3/c1-24-7-6-11-8-14-16(27-10-26-14)17(25-2)15(11)18(24)23-13-5-3-4-12(9-13)19(20,21)22/h3-5,8-9,18,23H,6-7,10H2,1-2H3/t18-/m1/s1. The van der Waals surface area contributed by atoms with Gasteiger partial charge in [0, 0.05) is 17.8 Å². The summed E-state index contributed by atoms with van der Waals surface area (Å²) in [5, 5.41) is 3.21. The van der Waals surface area contributed by atoms with E-state index in [1.54, 1.807) is 13.2 Å². The fourth-order valence-corrected chi connectivity index (χ4v) is 3.56. The van der Waals surface area contributed by atoms with Gasteiger partial charge in [0.05, 0.1) is 12.7 Å². The molecule has 0 spiro atoms. The van der Waals surface area contributed by atoms with E-state index < -0.39 is 11.7 Å². The average Bonchev–Trinajstić information content (AvgIpc) is 3.10. The summed E-state index contributed by atoms with van der Waals surface area (Å²) in [6.07, 6.45) is -3.97. The normalized spacial score (nSPS) is 18.9. The first-order chi connectivity index (χ1) is 12.9. The number of nitrogens with zero attached hydrogens (tertiary/aromatic N) is 1. The van der Waals surface area contributed by atoms with Gasteiger partial charge in [-0.3, -0.25) is 4.90 Å². The zero-order valence-corrected chi connectivity index (χ0v) is 14.9. The van der Waals surface area contributed by atoms with Crippen molar-refractivity contribution in [1.29, 1.82) is 0 Å². The quantitative estimate of drug-likeness (QED) is 0.871. The Hall–Kier alpha value is -2.61. The molecule has 1 N–H and O–H groups in total. The molecule has 0 saturated carbocycles. The Morgan fingerprint density at radius 3 is 2.78 bits per heavy atom. The molecule has 5 nitrogen and oxygen atoms in total. The van der Waals surface area contributed by atoms with Gasteiger partial charge in [0.25, 0.3) is 0 Å². The zero-order valence-electron chi connectivity index (χ0n) is 14.9. The number of alkyl halides is 3. The maximum atomic E-state index is 13.0. The lowest BCUT2D eigenvalue weighted by atomic mass is 9.94. The molecule has 0 aliphatic carbocycles. The molecule has 2 aromatic rings. The number of anilines is 1. The molecule has 2 aliphatic rings. The predicted molar refractivity (Wildman–Crippen MR) is 93.3 cm³/mol. The summed E-state index contributed by atoms with van der Waals surface area (Å²) in [7, 11) is 3.46. The van der Waals surface area contributed by atoms with Crippen LogP contribution in [0.3, 0.4) is 0 Å². The van der Waals surface area contributed by atoms with Crippen molar-refractivity contribution in [2.75, 3.05) is 32.8 Å². The molecule has 0 radical (unpaired) electrons. The smallest absolute Gasteiger partial charge is 0.416 e. The van der Waals surface area contributed by atoms with Crippen LogP contribution in [0.15, 0.2) is 30.3 Å². The first-order valence-corrected chi connectivity index (χ1v) is 8.52. The fraction of sp³-hybridized carbons (Fsp3) is 0.368. The molecular weight excluding hydrogens is 361 g/mol. The van der Waals surface area contributed by atoms with Gasteiger partial charge in [-0.1, -0.05) is 6.07 Å². The van der Waals surface area contributed by atoms with Gasteiger partial charge in [-0.2, -0.15) is 13.2 Å². The van der Waals surface area contributed by atoms with Crippen molar-refractivity contribution in [3.63, 3.8) is 0 Å². The van der Waals surface area contributed by atoms with Gasteiger partial charge in [0.2, 0.25) is 12.5 Å². The molecule has 2 aromatic carbocycles. The second-order valence-corrected chi connectivity index (χ2v) is 6.57. The molecule has 0 amide bonds. The van der Waals surface area contributed by atoms with Crippen LogP contribution in [0, 0.1) is 0 Å². The summed E-state index contributed by atoms with van der Waals surface area (Å²) < 4.78 is 55.7. The fourth-order valence-electron chi connectivity index (χ4n) is 3.56. The van der Waals surface area contributed by atoms with Gasteiger partial charge in [-0.15, -0.1) is 0 Å². The topological polar surface area (TPSA) is 43.0 Å². The Labute approximate surface area is 154 Å². The third kappa shape index (κ3) is 3.14. The Bertz CT molecular complexity index is 870. The molecule has 144 valence electrons. The van der Waals surface area contributed by atoms with Crippen LogP contribution in [0.4, 0.5) is 18.9 Å². The first-order valence-electron chi connectivity index (χ1n) is 8.52. The highest BCUT2D eigenvalue weighted by Crippen LogP contribution is 2.49. The summed E-state index contributed by atoms with van der Waals surface area (Å²) in [6.45, 7) is 0.864. The molecule has 1 atom stereocenters. The van der Waals surface area contributed by atoms with Gasteiger partial charge >= 0.3 is 6.18 Å². The maximum absolute atomic E-state index is 13.0. The average molecular weight is 380 g/mol. The number of hydrogen-bond donors (Lipinski definition) is 1. The molecule has 27 heavy (non-hydrogen) atoms. The van der Waals surface area contributed by atoms with Crippen LogP contribution in [0.5, 0.6) is 17.2 Å². The predicted octanol–water partition coefficient (Wildman–Crippen LogP) is 4.04. The van der Waals surface area contributed by atoms with Crippen molar-refractivity contribution in [2.45, 2.75) is 18.8 Å². The number of methoxy groups -OCH3 is 1. The van der Waals surface area contributed by atoms with Crippen molar-refractivity contribution in [3.05, 3.63) is 47.0 Å². The van der Waals surface area contributed by atoms with E-state index in [0.717, 1.165) is 36.2 Å². The lowest BCUT2D eigenvalue weighted by molar-refractivity contribution is -0.137. The van der Waals surface area contributed by atoms with Crippen LogP contribution < -0.4 is 19.5 Å². The SMILES string of the molecule is COc1c2c(cc3c1[C@H](Nc1cccc(C(F)(F)F)c1)N(C)CC3)OCO2. The molecule has 4 rings (SSSR count). The Morgan fingerprint density at radius 2 is 2.04 bits per heavy atom. The zero-order chi connectivity index (χ0) is 19.2. The minimum atomic E-state index is -4.39. The van der Waals surface area contributed by atoms with E-state index in [-0.39, 0.29) is 13.0 Å². The second-order valence-electron chi connectivity index (χ2n) is 6.57.